The largest absolute Gasteiger partial charge is 0.350 e. The molecule has 1 fully saturated rings. The third-order valence-corrected chi connectivity index (χ3v) is 6.84. The summed E-state index contributed by atoms with van der Waals surface area (Å²) in [5.41, 5.74) is 6.58. The molecule has 2 aliphatic rings. The second-order valence-corrected chi connectivity index (χ2v) is 9.03. The molecule has 0 bridgehead atoms. The Bertz CT molecular complexity index is 1560. The SMILES string of the molecule is CC(=O)N1CCN(c2nccn3c(-c4ccc5c(c4)CC(=O)N5)c(-c4ccc(C#N)cc4)nc23)CC1. The molecular formula is C27H23N7O2. The second-order valence-electron chi connectivity index (χ2n) is 9.03. The number of nitrogens with zero attached hydrogens (tertiary/aromatic N) is 6. The summed E-state index contributed by atoms with van der Waals surface area (Å²) in [7, 11) is 0. The Morgan fingerprint density at radius 3 is 2.53 bits per heavy atom. The van der Waals surface area contributed by atoms with Crippen molar-refractivity contribution in [2.45, 2.75) is 13.3 Å². The summed E-state index contributed by atoms with van der Waals surface area (Å²) in [4.78, 5) is 37.5. The molecule has 2 aromatic carbocycles. The number of fused-ring (bicyclic) bond motifs is 2. The molecular weight excluding hydrogens is 454 g/mol. The number of aromatic nitrogens is 3. The topological polar surface area (TPSA) is 107 Å². The fourth-order valence-corrected chi connectivity index (χ4v) is 4.98. The maximum absolute atomic E-state index is 12.0. The van der Waals surface area contributed by atoms with Crippen molar-refractivity contribution in [1.82, 2.24) is 19.3 Å². The summed E-state index contributed by atoms with van der Waals surface area (Å²) in [6, 6.07) is 15.5. The van der Waals surface area contributed by atoms with E-state index in [2.05, 4.69) is 21.3 Å². The van der Waals surface area contributed by atoms with Crippen LogP contribution in [0.5, 0.6) is 0 Å². The van der Waals surface area contributed by atoms with E-state index >= 15 is 0 Å². The zero-order valence-electron chi connectivity index (χ0n) is 19.7. The highest BCUT2D eigenvalue weighted by atomic mass is 16.2. The number of hydrogen-bond acceptors (Lipinski definition) is 6. The summed E-state index contributed by atoms with van der Waals surface area (Å²) in [5, 5.41) is 12.1. The molecule has 4 heterocycles. The van der Waals surface area contributed by atoms with Crippen LogP contribution in [-0.2, 0) is 16.0 Å². The van der Waals surface area contributed by atoms with Gasteiger partial charge in [-0.3, -0.25) is 14.0 Å². The number of carbonyl (C=O) groups excluding carboxylic acids is 2. The second kappa shape index (κ2) is 8.50. The van der Waals surface area contributed by atoms with Gasteiger partial charge in [0.15, 0.2) is 11.5 Å². The third kappa shape index (κ3) is 3.64. The summed E-state index contributed by atoms with van der Waals surface area (Å²) < 4.78 is 2.04. The number of rotatable bonds is 3. The summed E-state index contributed by atoms with van der Waals surface area (Å²) in [5.74, 6) is 0.834. The fourth-order valence-electron chi connectivity index (χ4n) is 4.98. The van der Waals surface area contributed by atoms with Gasteiger partial charge in [0.1, 0.15) is 0 Å². The van der Waals surface area contributed by atoms with Crippen LogP contribution < -0.4 is 10.2 Å². The zero-order chi connectivity index (χ0) is 24.8. The van der Waals surface area contributed by atoms with E-state index in [0.29, 0.717) is 38.2 Å². The van der Waals surface area contributed by atoms with Crippen LogP contribution in [0, 0.1) is 11.3 Å². The van der Waals surface area contributed by atoms with Gasteiger partial charge in [-0.1, -0.05) is 18.2 Å². The lowest BCUT2D eigenvalue weighted by atomic mass is 10.0. The van der Waals surface area contributed by atoms with Gasteiger partial charge in [0.05, 0.1) is 29.4 Å². The lowest BCUT2D eigenvalue weighted by molar-refractivity contribution is -0.129. The predicted octanol–water partition coefficient (Wildman–Crippen LogP) is 3.10. The van der Waals surface area contributed by atoms with Crippen molar-refractivity contribution >= 4 is 29.0 Å². The predicted molar refractivity (Wildman–Crippen MR) is 135 cm³/mol. The van der Waals surface area contributed by atoms with Crippen molar-refractivity contribution < 1.29 is 9.59 Å². The number of piperazine rings is 1. The molecule has 0 aliphatic carbocycles. The molecule has 9 nitrogen and oxygen atoms in total. The highest BCUT2D eigenvalue weighted by Crippen LogP contribution is 2.37. The maximum atomic E-state index is 12.0. The Balaban J connectivity index is 1.51. The molecule has 0 unspecified atom stereocenters. The lowest BCUT2D eigenvalue weighted by Gasteiger charge is -2.34. The first-order chi connectivity index (χ1) is 17.5. The highest BCUT2D eigenvalue weighted by Gasteiger charge is 2.26. The van der Waals surface area contributed by atoms with Crippen LogP contribution in [0.15, 0.2) is 54.9 Å². The van der Waals surface area contributed by atoms with Crippen molar-refractivity contribution in [2.24, 2.45) is 0 Å². The smallest absolute Gasteiger partial charge is 0.228 e. The van der Waals surface area contributed by atoms with Crippen LogP contribution in [0.25, 0.3) is 28.2 Å². The molecule has 4 aromatic rings. The van der Waals surface area contributed by atoms with Crippen LogP contribution in [0.1, 0.15) is 18.1 Å². The fraction of sp³-hybridized carbons (Fsp3) is 0.222. The molecule has 1 N–H and O–H groups in total. The number of nitrogens with one attached hydrogen (secondary N) is 1. The monoisotopic (exact) mass is 477 g/mol. The Morgan fingerprint density at radius 2 is 1.81 bits per heavy atom. The molecule has 2 aromatic heterocycles. The van der Waals surface area contributed by atoms with Gasteiger partial charge in [-0.05, 0) is 29.8 Å². The van der Waals surface area contributed by atoms with Crippen molar-refractivity contribution in [1.29, 1.82) is 5.26 Å². The molecule has 0 spiro atoms. The molecule has 0 radical (unpaired) electrons. The summed E-state index contributed by atoms with van der Waals surface area (Å²) >= 11 is 0. The van der Waals surface area contributed by atoms with Crippen LogP contribution in [0.3, 0.4) is 0 Å². The van der Waals surface area contributed by atoms with Gasteiger partial charge in [0, 0.05) is 62.3 Å². The van der Waals surface area contributed by atoms with Gasteiger partial charge in [-0.15, -0.1) is 0 Å². The number of benzene rings is 2. The van der Waals surface area contributed by atoms with Gasteiger partial charge in [-0.2, -0.15) is 5.26 Å². The first-order valence-corrected chi connectivity index (χ1v) is 11.8. The van der Waals surface area contributed by atoms with E-state index in [4.69, 9.17) is 4.98 Å². The molecule has 1 saturated heterocycles. The minimum Gasteiger partial charge on any atom is -0.350 e. The van der Waals surface area contributed by atoms with Crippen molar-refractivity contribution in [3.63, 3.8) is 0 Å². The quantitative estimate of drug-likeness (QED) is 0.486. The zero-order valence-corrected chi connectivity index (χ0v) is 19.7. The molecule has 36 heavy (non-hydrogen) atoms. The molecule has 0 atom stereocenters. The van der Waals surface area contributed by atoms with Crippen LogP contribution in [0.2, 0.25) is 0 Å². The van der Waals surface area contributed by atoms with Gasteiger partial charge in [0.2, 0.25) is 11.8 Å². The summed E-state index contributed by atoms with van der Waals surface area (Å²) in [6.45, 7) is 4.22. The molecule has 0 saturated carbocycles. The van der Waals surface area contributed by atoms with Crippen LogP contribution in [0.4, 0.5) is 11.5 Å². The van der Waals surface area contributed by atoms with Crippen LogP contribution in [-0.4, -0.2) is 57.3 Å². The highest BCUT2D eigenvalue weighted by molar-refractivity contribution is 6.00. The van der Waals surface area contributed by atoms with Crippen molar-refractivity contribution in [3.8, 4) is 28.6 Å². The summed E-state index contributed by atoms with van der Waals surface area (Å²) in [6.07, 6.45) is 4.02. The Morgan fingerprint density at radius 1 is 1.06 bits per heavy atom. The van der Waals surface area contributed by atoms with Gasteiger partial charge in [0.25, 0.3) is 0 Å². The molecule has 2 amide bonds. The van der Waals surface area contributed by atoms with E-state index in [1.165, 1.54) is 0 Å². The standard InChI is InChI=1S/C27H23N7O2/c1-17(35)32-10-12-33(13-11-32)26-27-31-24(19-4-2-18(16-28)3-5-19)25(34(27)9-8-29-26)20-6-7-22-21(14-20)15-23(36)30-22/h2-9,14H,10-13,15H2,1H3,(H,30,36). The Hall–Kier alpha value is -4.71. The minimum atomic E-state index is -0.0104. The number of anilines is 2. The lowest BCUT2D eigenvalue weighted by Crippen LogP contribution is -2.48. The maximum Gasteiger partial charge on any atom is 0.228 e. The number of carbonyl (C=O) groups is 2. The van der Waals surface area contributed by atoms with Crippen LogP contribution >= 0.6 is 0 Å². The normalized spacial score (nSPS) is 15.1. The van der Waals surface area contributed by atoms with Gasteiger partial charge in [-0.25, -0.2) is 9.97 Å². The first-order valence-electron chi connectivity index (χ1n) is 11.8. The molecule has 6 rings (SSSR count). The average Bonchev–Trinajstić information content (AvgIpc) is 3.48. The van der Waals surface area contributed by atoms with Crippen molar-refractivity contribution in [3.05, 3.63) is 66.0 Å². The Labute approximate surface area is 207 Å². The van der Waals surface area contributed by atoms with E-state index in [9.17, 15) is 14.9 Å². The minimum absolute atomic E-state index is 0.0104. The van der Waals surface area contributed by atoms with E-state index in [1.807, 2.05) is 45.8 Å². The number of amides is 2. The van der Waals surface area contributed by atoms with E-state index in [0.717, 1.165) is 45.2 Å². The molecule has 9 heteroatoms. The molecule has 178 valence electrons. The van der Waals surface area contributed by atoms with E-state index in [-0.39, 0.29) is 11.8 Å². The van der Waals surface area contributed by atoms with Gasteiger partial charge >= 0.3 is 0 Å². The van der Waals surface area contributed by atoms with Gasteiger partial charge < -0.3 is 15.1 Å². The first kappa shape index (κ1) is 21.8. The Kier molecular flexibility index (Phi) is 5.15. The van der Waals surface area contributed by atoms with E-state index < -0.39 is 0 Å². The molecule has 2 aliphatic heterocycles. The average molecular weight is 478 g/mol. The third-order valence-electron chi connectivity index (χ3n) is 6.84. The number of nitriles is 1. The van der Waals surface area contributed by atoms with E-state index in [1.54, 1.807) is 25.3 Å². The number of hydrogen-bond donors (Lipinski definition) is 1. The number of imidazole rings is 1. The van der Waals surface area contributed by atoms with Crippen molar-refractivity contribution in [2.75, 3.05) is 36.4 Å².